The van der Waals surface area contributed by atoms with E-state index in [1.54, 1.807) is 19.0 Å². The van der Waals surface area contributed by atoms with E-state index >= 15 is 0 Å². The lowest BCUT2D eigenvalue weighted by Gasteiger charge is -2.30. The van der Waals surface area contributed by atoms with Crippen LogP contribution in [-0.4, -0.2) is 104 Å². The van der Waals surface area contributed by atoms with Gasteiger partial charge in [0.2, 0.25) is 10.0 Å². The van der Waals surface area contributed by atoms with Gasteiger partial charge >= 0.3 is 0 Å². The molecule has 2 aromatic rings. The summed E-state index contributed by atoms with van der Waals surface area (Å²) >= 11 is 0. The highest BCUT2D eigenvalue weighted by molar-refractivity contribution is 7.89. The van der Waals surface area contributed by atoms with E-state index in [1.165, 1.54) is 28.1 Å². The Morgan fingerprint density at radius 3 is 1.94 bits per heavy atom. The standard InChI is InChI=1S/C35H55N5O6S/c1-8-11-19-40(37-47(45,46)25-26(4)5)24-32(41)31(20-27-15-13-12-14-16-27)36-33(42)28-21-29(34(43)38(6)7)23-30(22-28)35(44)39(17-9-2)18-10-3/h12-16,21-23,26,31-32,37,41H,8-11,17-20,24-25H2,1-7H3,(H,36,42). The van der Waals surface area contributed by atoms with E-state index in [1.807, 2.05) is 65.0 Å². The quantitative estimate of drug-likeness (QED) is 0.181. The van der Waals surface area contributed by atoms with Crippen LogP contribution in [0.25, 0.3) is 0 Å². The maximum absolute atomic E-state index is 13.9. The van der Waals surface area contributed by atoms with Gasteiger partial charge < -0.3 is 20.2 Å². The normalized spacial score (nSPS) is 13.0. The molecule has 3 N–H and O–H groups in total. The number of unbranched alkanes of at least 4 members (excludes halogenated alkanes) is 1. The third kappa shape index (κ3) is 13.4. The van der Waals surface area contributed by atoms with E-state index in [2.05, 4.69) is 10.1 Å². The molecule has 0 saturated carbocycles. The van der Waals surface area contributed by atoms with Crippen LogP contribution in [0.5, 0.6) is 0 Å². The fourth-order valence-corrected chi connectivity index (χ4v) is 6.76. The minimum atomic E-state index is -3.65. The Morgan fingerprint density at radius 2 is 1.40 bits per heavy atom. The van der Waals surface area contributed by atoms with Crippen molar-refractivity contribution in [2.45, 2.75) is 78.9 Å². The predicted molar refractivity (Wildman–Crippen MR) is 187 cm³/mol. The van der Waals surface area contributed by atoms with Crippen LogP contribution in [0.4, 0.5) is 0 Å². The van der Waals surface area contributed by atoms with Crippen molar-refractivity contribution in [1.29, 1.82) is 0 Å². The molecule has 11 nitrogen and oxygen atoms in total. The van der Waals surface area contributed by atoms with Crippen molar-refractivity contribution in [3.8, 4) is 0 Å². The Hall–Kier alpha value is -3.32. The summed E-state index contributed by atoms with van der Waals surface area (Å²) in [5.74, 6) is -1.33. The number of nitrogens with one attached hydrogen (secondary N) is 2. The summed E-state index contributed by atoms with van der Waals surface area (Å²) in [6.07, 6.45) is 2.13. The molecule has 0 radical (unpaired) electrons. The fourth-order valence-electron chi connectivity index (χ4n) is 5.25. The van der Waals surface area contributed by atoms with E-state index in [0.29, 0.717) is 26.1 Å². The molecule has 0 aliphatic rings. The number of aliphatic hydroxyl groups is 1. The molecule has 2 atom stereocenters. The third-order valence-corrected chi connectivity index (χ3v) is 9.10. The summed E-state index contributed by atoms with van der Waals surface area (Å²) in [4.78, 5) is 46.2. The minimum absolute atomic E-state index is 0.0626. The predicted octanol–water partition coefficient (Wildman–Crippen LogP) is 3.95. The van der Waals surface area contributed by atoms with Crippen molar-refractivity contribution < 1.29 is 27.9 Å². The number of carbonyl (C=O) groups excluding carboxylic acids is 3. The number of nitrogens with zero attached hydrogens (tertiary/aromatic N) is 3. The first-order valence-electron chi connectivity index (χ1n) is 16.6. The van der Waals surface area contributed by atoms with E-state index in [4.69, 9.17) is 0 Å². The van der Waals surface area contributed by atoms with Crippen molar-refractivity contribution in [2.75, 3.05) is 46.0 Å². The average Bonchev–Trinajstić information content (AvgIpc) is 3.01. The second-order valence-corrected chi connectivity index (χ2v) is 14.4. The molecule has 0 aliphatic carbocycles. The van der Waals surface area contributed by atoms with Crippen LogP contribution < -0.4 is 10.1 Å². The first-order chi connectivity index (χ1) is 22.2. The van der Waals surface area contributed by atoms with Gasteiger partial charge in [-0.2, -0.15) is 0 Å². The molecule has 12 heteroatoms. The Kier molecular flexibility index (Phi) is 16.5. The monoisotopic (exact) mass is 673 g/mol. The molecule has 262 valence electrons. The van der Waals surface area contributed by atoms with Crippen LogP contribution in [-0.2, 0) is 16.4 Å². The van der Waals surface area contributed by atoms with E-state index in [0.717, 1.165) is 24.8 Å². The summed E-state index contributed by atoms with van der Waals surface area (Å²) in [5, 5.41) is 16.0. The van der Waals surface area contributed by atoms with Crippen molar-refractivity contribution in [1.82, 2.24) is 25.0 Å². The summed E-state index contributed by atoms with van der Waals surface area (Å²) in [6.45, 7) is 11.0. The number of hydrazine groups is 1. The minimum Gasteiger partial charge on any atom is -0.390 e. The smallest absolute Gasteiger partial charge is 0.253 e. The Balaban J connectivity index is 2.49. The maximum Gasteiger partial charge on any atom is 0.253 e. The number of hydrogen-bond donors (Lipinski definition) is 3. The van der Waals surface area contributed by atoms with Gasteiger partial charge in [-0.1, -0.05) is 71.4 Å². The fraction of sp³-hybridized carbons (Fsp3) is 0.571. The average molecular weight is 674 g/mol. The second kappa shape index (κ2) is 19.5. The molecule has 0 aliphatic heterocycles. The lowest BCUT2D eigenvalue weighted by atomic mass is 9.99. The van der Waals surface area contributed by atoms with Crippen molar-refractivity contribution in [3.05, 3.63) is 70.8 Å². The number of hydrogen-bond acceptors (Lipinski definition) is 7. The van der Waals surface area contributed by atoms with E-state index < -0.39 is 28.1 Å². The lowest BCUT2D eigenvalue weighted by Crippen LogP contribution is -2.54. The van der Waals surface area contributed by atoms with Gasteiger partial charge in [-0.3, -0.25) is 14.4 Å². The van der Waals surface area contributed by atoms with Crippen LogP contribution in [0.2, 0.25) is 0 Å². The summed E-state index contributed by atoms with van der Waals surface area (Å²) in [6, 6.07) is 13.0. The number of rotatable bonds is 20. The third-order valence-electron chi connectivity index (χ3n) is 7.46. The number of amides is 3. The summed E-state index contributed by atoms with van der Waals surface area (Å²) in [7, 11) is -0.449. The first kappa shape index (κ1) is 39.9. The van der Waals surface area contributed by atoms with Gasteiger partial charge in [-0.25, -0.2) is 13.4 Å². The number of carbonyl (C=O) groups is 3. The Bertz CT molecular complexity index is 1390. The van der Waals surface area contributed by atoms with Crippen LogP contribution in [0.1, 0.15) is 96.9 Å². The number of benzene rings is 2. The highest BCUT2D eigenvalue weighted by Crippen LogP contribution is 2.17. The van der Waals surface area contributed by atoms with Gasteiger partial charge in [-0.15, -0.1) is 4.83 Å². The molecule has 3 amide bonds. The van der Waals surface area contributed by atoms with Gasteiger partial charge in [0, 0.05) is 57.0 Å². The topological polar surface area (TPSA) is 139 Å². The lowest BCUT2D eigenvalue weighted by molar-refractivity contribution is 0.0614. The zero-order chi connectivity index (χ0) is 35.1. The highest BCUT2D eigenvalue weighted by atomic mass is 32.2. The van der Waals surface area contributed by atoms with Crippen molar-refractivity contribution in [3.63, 3.8) is 0 Å². The SMILES string of the molecule is CCCCN(CC(O)C(Cc1ccccc1)NC(=O)c1cc(C(=O)N(C)C)cc(C(=O)N(CCC)CCC)c1)NS(=O)(=O)CC(C)C. The maximum atomic E-state index is 13.9. The van der Waals surface area contributed by atoms with Crippen LogP contribution in [0.3, 0.4) is 0 Å². The largest absolute Gasteiger partial charge is 0.390 e. The second-order valence-electron chi connectivity index (χ2n) is 12.7. The summed E-state index contributed by atoms with van der Waals surface area (Å²) < 4.78 is 25.6. The molecule has 47 heavy (non-hydrogen) atoms. The number of aliphatic hydroxyl groups excluding tert-OH is 1. The molecule has 2 aromatic carbocycles. The van der Waals surface area contributed by atoms with Crippen LogP contribution >= 0.6 is 0 Å². The number of sulfonamides is 1. The van der Waals surface area contributed by atoms with Gasteiger partial charge in [0.05, 0.1) is 17.9 Å². The molecular formula is C35H55N5O6S. The molecule has 0 bridgehead atoms. The van der Waals surface area contributed by atoms with E-state index in [9.17, 15) is 27.9 Å². The zero-order valence-electron chi connectivity index (χ0n) is 29.2. The van der Waals surface area contributed by atoms with Gasteiger partial charge in [0.25, 0.3) is 17.7 Å². The Labute approximate surface area is 281 Å². The summed E-state index contributed by atoms with van der Waals surface area (Å²) in [5.41, 5.74) is 1.40. The van der Waals surface area contributed by atoms with Gasteiger partial charge in [-0.05, 0) is 55.4 Å². The van der Waals surface area contributed by atoms with Crippen molar-refractivity contribution >= 4 is 27.7 Å². The molecule has 0 spiro atoms. The molecule has 2 rings (SSSR count). The molecule has 0 saturated heterocycles. The molecule has 0 aromatic heterocycles. The van der Waals surface area contributed by atoms with Crippen LogP contribution in [0.15, 0.2) is 48.5 Å². The first-order valence-corrected chi connectivity index (χ1v) is 18.3. The molecule has 0 fully saturated rings. The molecule has 2 unspecified atom stereocenters. The van der Waals surface area contributed by atoms with Crippen molar-refractivity contribution in [2.24, 2.45) is 5.92 Å². The Morgan fingerprint density at radius 1 is 0.830 bits per heavy atom. The highest BCUT2D eigenvalue weighted by Gasteiger charge is 2.28. The zero-order valence-corrected chi connectivity index (χ0v) is 30.0. The van der Waals surface area contributed by atoms with E-state index in [-0.39, 0.29) is 53.1 Å². The molecule has 0 heterocycles. The molecular weight excluding hydrogens is 618 g/mol. The van der Waals surface area contributed by atoms with Gasteiger partial charge in [0.1, 0.15) is 0 Å². The van der Waals surface area contributed by atoms with Gasteiger partial charge in [0.15, 0.2) is 0 Å². The van der Waals surface area contributed by atoms with Crippen LogP contribution in [0, 0.1) is 5.92 Å².